The molecule has 0 aromatic carbocycles. The zero-order valence-electron chi connectivity index (χ0n) is 10.3. The minimum Gasteiger partial charge on any atom is -0.481 e. The minimum atomic E-state index is -0.658. The van der Waals surface area contributed by atoms with Crippen molar-refractivity contribution >= 4 is 5.97 Å². The lowest BCUT2D eigenvalue weighted by Gasteiger charge is -2.22. The largest absolute Gasteiger partial charge is 0.481 e. The van der Waals surface area contributed by atoms with Crippen molar-refractivity contribution in [2.75, 3.05) is 0 Å². The van der Waals surface area contributed by atoms with Crippen LogP contribution in [0.1, 0.15) is 59.3 Å². The number of hydrogen-bond acceptors (Lipinski definition) is 1. The van der Waals surface area contributed by atoms with Crippen molar-refractivity contribution in [1.29, 1.82) is 0 Å². The van der Waals surface area contributed by atoms with Crippen molar-refractivity contribution in [3.8, 4) is 0 Å². The van der Waals surface area contributed by atoms with Gasteiger partial charge in [-0.15, -0.1) is 0 Å². The molecule has 0 aromatic rings. The van der Waals surface area contributed by atoms with E-state index in [-0.39, 0.29) is 0 Å². The lowest BCUT2D eigenvalue weighted by molar-refractivity contribution is -0.148. The van der Waals surface area contributed by atoms with Crippen LogP contribution in [0.2, 0.25) is 0 Å². The number of unbranched alkanes of at least 4 members (excludes halogenated alkanes) is 2. The Balaban J connectivity index is 3.73. The first-order valence-corrected chi connectivity index (χ1v) is 5.95. The molecule has 0 aliphatic carbocycles. The fourth-order valence-corrected chi connectivity index (χ4v) is 1.50. The predicted molar refractivity (Wildman–Crippen MR) is 63.9 cm³/mol. The molecule has 0 aliphatic heterocycles. The highest BCUT2D eigenvalue weighted by Crippen LogP contribution is 2.28. The van der Waals surface area contributed by atoms with Crippen molar-refractivity contribution in [2.24, 2.45) is 5.41 Å². The summed E-state index contributed by atoms with van der Waals surface area (Å²) in [5.74, 6) is -0.658. The van der Waals surface area contributed by atoms with Gasteiger partial charge in [0.2, 0.25) is 0 Å². The third-order valence-electron chi connectivity index (χ3n) is 3.05. The molecule has 1 atom stereocenters. The number of carboxylic acid groups (broad SMARTS) is 1. The van der Waals surface area contributed by atoms with Crippen LogP contribution in [0.5, 0.6) is 0 Å². The molecule has 1 unspecified atom stereocenters. The van der Waals surface area contributed by atoms with Crippen LogP contribution in [0.3, 0.4) is 0 Å². The van der Waals surface area contributed by atoms with Gasteiger partial charge in [0, 0.05) is 0 Å². The van der Waals surface area contributed by atoms with Crippen LogP contribution < -0.4 is 0 Å². The second kappa shape index (κ2) is 7.49. The fraction of sp³-hybridized carbons (Fsp3) is 0.769. The molecule has 0 bridgehead atoms. The zero-order chi connectivity index (χ0) is 11.7. The lowest BCUT2D eigenvalue weighted by atomic mass is 9.82. The van der Waals surface area contributed by atoms with Crippen LogP contribution in [0, 0.1) is 5.41 Å². The minimum absolute atomic E-state index is 0.519. The van der Waals surface area contributed by atoms with E-state index in [1.807, 2.05) is 13.8 Å². The van der Waals surface area contributed by atoms with Gasteiger partial charge in [-0.3, -0.25) is 4.79 Å². The summed E-state index contributed by atoms with van der Waals surface area (Å²) in [6.45, 7) is 5.91. The predicted octanol–water partition coefficient (Wildman–Crippen LogP) is 4.01. The SMILES string of the molecule is CC/C=C\CCCCC(C)(CC)C(=O)O. The Morgan fingerprint density at radius 3 is 2.40 bits per heavy atom. The summed E-state index contributed by atoms with van der Waals surface area (Å²) in [5.41, 5.74) is -0.519. The van der Waals surface area contributed by atoms with E-state index in [0.29, 0.717) is 6.42 Å². The zero-order valence-corrected chi connectivity index (χ0v) is 10.3. The second-order valence-corrected chi connectivity index (χ2v) is 4.34. The first-order chi connectivity index (χ1) is 7.06. The third-order valence-corrected chi connectivity index (χ3v) is 3.05. The molecule has 0 aliphatic rings. The Hall–Kier alpha value is -0.790. The molecule has 0 saturated heterocycles. The molecular formula is C13H24O2. The van der Waals surface area contributed by atoms with E-state index in [0.717, 1.165) is 32.1 Å². The van der Waals surface area contributed by atoms with Crippen LogP contribution in [-0.4, -0.2) is 11.1 Å². The van der Waals surface area contributed by atoms with Crippen molar-refractivity contribution in [3.63, 3.8) is 0 Å². The van der Waals surface area contributed by atoms with Crippen LogP contribution in [0.15, 0.2) is 12.2 Å². The van der Waals surface area contributed by atoms with Crippen molar-refractivity contribution in [3.05, 3.63) is 12.2 Å². The Labute approximate surface area is 93.4 Å². The summed E-state index contributed by atoms with van der Waals surface area (Å²) >= 11 is 0. The van der Waals surface area contributed by atoms with Crippen LogP contribution >= 0.6 is 0 Å². The van der Waals surface area contributed by atoms with Gasteiger partial charge in [0.05, 0.1) is 5.41 Å². The first-order valence-electron chi connectivity index (χ1n) is 5.95. The van der Waals surface area contributed by atoms with Crippen LogP contribution in [-0.2, 0) is 4.79 Å². The van der Waals surface area contributed by atoms with Gasteiger partial charge in [0.15, 0.2) is 0 Å². The van der Waals surface area contributed by atoms with Gasteiger partial charge < -0.3 is 5.11 Å². The molecule has 0 radical (unpaired) electrons. The Kier molecular flexibility index (Phi) is 7.10. The monoisotopic (exact) mass is 212 g/mol. The van der Waals surface area contributed by atoms with Gasteiger partial charge in [-0.25, -0.2) is 0 Å². The molecule has 0 saturated carbocycles. The summed E-state index contributed by atoms with van der Waals surface area (Å²) in [7, 11) is 0. The maximum atomic E-state index is 11.0. The molecule has 2 nitrogen and oxygen atoms in total. The van der Waals surface area contributed by atoms with Crippen molar-refractivity contribution < 1.29 is 9.90 Å². The van der Waals surface area contributed by atoms with Crippen molar-refractivity contribution in [2.45, 2.75) is 59.3 Å². The summed E-state index contributed by atoms with van der Waals surface area (Å²) in [5, 5.41) is 9.06. The third kappa shape index (κ3) is 5.60. The van der Waals surface area contributed by atoms with Crippen molar-refractivity contribution in [1.82, 2.24) is 0 Å². The number of carboxylic acids is 1. The van der Waals surface area contributed by atoms with E-state index in [2.05, 4.69) is 19.1 Å². The Morgan fingerprint density at radius 1 is 1.27 bits per heavy atom. The molecule has 0 aromatic heterocycles. The molecule has 1 N–H and O–H groups in total. The number of carbonyl (C=O) groups is 1. The Bertz CT molecular complexity index is 209. The fourth-order valence-electron chi connectivity index (χ4n) is 1.50. The molecule has 0 spiro atoms. The number of aliphatic carboxylic acids is 1. The van der Waals surface area contributed by atoms with Crippen LogP contribution in [0.25, 0.3) is 0 Å². The molecule has 15 heavy (non-hydrogen) atoms. The molecule has 2 heteroatoms. The molecule has 0 amide bonds. The maximum Gasteiger partial charge on any atom is 0.309 e. The average Bonchev–Trinajstić information content (AvgIpc) is 2.22. The van der Waals surface area contributed by atoms with E-state index in [1.165, 1.54) is 0 Å². The molecular weight excluding hydrogens is 188 g/mol. The number of allylic oxidation sites excluding steroid dienone is 2. The quantitative estimate of drug-likeness (QED) is 0.487. The standard InChI is InChI=1S/C13H24O2/c1-4-6-7-8-9-10-11-13(3,5-2)12(14)15/h6-7H,4-5,8-11H2,1-3H3,(H,14,15)/b7-6-. The molecule has 0 rings (SSSR count). The topological polar surface area (TPSA) is 37.3 Å². The van der Waals surface area contributed by atoms with Gasteiger partial charge in [0.1, 0.15) is 0 Å². The van der Waals surface area contributed by atoms with Gasteiger partial charge >= 0.3 is 5.97 Å². The van der Waals surface area contributed by atoms with Gasteiger partial charge in [-0.1, -0.05) is 32.4 Å². The summed E-state index contributed by atoms with van der Waals surface area (Å²) in [6.07, 6.45) is 10.1. The van der Waals surface area contributed by atoms with E-state index in [9.17, 15) is 4.79 Å². The number of hydrogen-bond donors (Lipinski definition) is 1. The van der Waals surface area contributed by atoms with E-state index < -0.39 is 11.4 Å². The normalized spacial score (nSPS) is 15.4. The summed E-state index contributed by atoms with van der Waals surface area (Å²) in [6, 6.07) is 0. The van der Waals surface area contributed by atoms with Crippen LogP contribution in [0.4, 0.5) is 0 Å². The van der Waals surface area contributed by atoms with E-state index >= 15 is 0 Å². The highest BCUT2D eigenvalue weighted by molar-refractivity contribution is 5.73. The molecule has 0 heterocycles. The summed E-state index contributed by atoms with van der Waals surface area (Å²) < 4.78 is 0. The average molecular weight is 212 g/mol. The van der Waals surface area contributed by atoms with E-state index in [4.69, 9.17) is 5.11 Å². The van der Waals surface area contributed by atoms with E-state index in [1.54, 1.807) is 0 Å². The molecule has 88 valence electrons. The molecule has 0 fully saturated rings. The summed E-state index contributed by atoms with van der Waals surface area (Å²) in [4.78, 5) is 11.0. The Morgan fingerprint density at radius 2 is 1.93 bits per heavy atom. The number of rotatable bonds is 8. The highest BCUT2D eigenvalue weighted by Gasteiger charge is 2.29. The smallest absolute Gasteiger partial charge is 0.309 e. The van der Waals surface area contributed by atoms with Gasteiger partial charge in [-0.2, -0.15) is 0 Å². The second-order valence-electron chi connectivity index (χ2n) is 4.34. The maximum absolute atomic E-state index is 11.0. The highest BCUT2D eigenvalue weighted by atomic mass is 16.4. The van der Waals surface area contributed by atoms with Gasteiger partial charge in [-0.05, 0) is 39.0 Å². The lowest BCUT2D eigenvalue weighted by Crippen LogP contribution is -2.26. The van der Waals surface area contributed by atoms with Gasteiger partial charge in [0.25, 0.3) is 0 Å². The first kappa shape index (κ1) is 14.2.